The summed E-state index contributed by atoms with van der Waals surface area (Å²) in [6.07, 6.45) is 3.78. The Labute approximate surface area is 195 Å². The zero-order valence-electron chi connectivity index (χ0n) is 18.6. The zero-order valence-corrected chi connectivity index (χ0v) is 18.6. The van der Waals surface area contributed by atoms with Gasteiger partial charge in [0.2, 0.25) is 5.54 Å². The highest BCUT2D eigenvalue weighted by molar-refractivity contribution is 6.14. The molecule has 4 N–H and O–H groups in total. The van der Waals surface area contributed by atoms with Crippen molar-refractivity contribution in [3.63, 3.8) is 0 Å². The molecule has 0 fully saturated rings. The van der Waals surface area contributed by atoms with Crippen molar-refractivity contribution in [1.29, 1.82) is 0 Å². The van der Waals surface area contributed by atoms with Gasteiger partial charge in [0.05, 0.1) is 4.92 Å². The molecule has 3 atom stereocenters. The number of carbonyl (C=O) groups is 2. The molecule has 3 aliphatic rings. The first kappa shape index (κ1) is 22.0. The van der Waals surface area contributed by atoms with Crippen LogP contribution in [0.5, 0.6) is 5.75 Å². The van der Waals surface area contributed by atoms with Crippen LogP contribution < -0.4 is 15.8 Å². The fourth-order valence-electron chi connectivity index (χ4n) is 4.96. The number of Topliss-reactive ketones (excluding diaryl/α,β-unsaturated/α-hetero) is 1. The van der Waals surface area contributed by atoms with E-state index in [9.17, 15) is 24.8 Å². The Morgan fingerprint density at radius 2 is 1.97 bits per heavy atom. The molecule has 0 aromatic heterocycles. The van der Waals surface area contributed by atoms with Crippen LogP contribution in [0.25, 0.3) is 0 Å². The SMILES string of the molecule is CC(C)c1ccc2c(c1)OC1(O)C3=C(C(=O)C21NC(=O)c1ccc([N+](=O)[O-])cc1)C(N)CC=C3. The zero-order chi connectivity index (χ0) is 24.4. The van der Waals surface area contributed by atoms with E-state index in [-0.39, 0.29) is 28.3 Å². The van der Waals surface area contributed by atoms with Gasteiger partial charge in [-0.2, -0.15) is 0 Å². The molecule has 1 heterocycles. The van der Waals surface area contributed by atoms with E-state index in [1.807, 2.05) is 19.9 Å². The second-order valence-electron chi connectivity index (χ2n) is 9.07. The first-order valence-electron chi connectivity index (χ1n) is 10.9. The number of carbonyl (C=O) groups excluding carboxylic acids is 2. The molecule has 9 heteroatoms. The Hall–Kier alpha value is -3.82. The van der Waals surface area contributed by atoms with Gasteiger partial charge in [0.25, 0.3) is 17.4 Å². The second-order valence-corrected chi connectivity index (χ2v) is 9.07. The average Bonchev–Trinajstić information content (AvgIpc) is 3.16. The Kier molecular flexibility index (Phi) is 4.75. The average molecular weight is 461 g/mol. The third-order valence-corrected chi connectivity index (χ3v) is 6.77. The minimum absolute atomic E-state index is 0.0899. The Bertz CT molecular complexity index is 1310. The fourth-order valence-corrected chi connectivity index (χ4v) is 4.96. The number of rotatable bonds is 4. The van der Waals surface area contributed by atoms with Crippen LogP contribution in [-0.2, 0) is 10.3 Å². The molecule has 9 nitrogen and oxygen atoms in total. The molecule has 0 saturated carbocycles. The van der Waals surface area contributed by atoms with Crippen LogP contribution in [0.4, 0.5) is 5.69 Å². The van der Waals surface area contributed by atoms with Crippen molar-refractivity contribution < 1.29 is 24.4 Å². The standard InChI is InChI=1S/C25H23N3O6/c1-13(2)15-8-11-17-20(12-15)34-25(31)18-4-3-5-19(26)21(18)22(29)24(17,25)27-23(30)14-6-9-16(10-7-14)28(32)33/h3-4,6-13,19,31H,5,26H2,1-2H3,(H,27,30). The van der Waals surface area contributed by atoms with Gasteiger partial charge >= 0.3 is 0 Å². The number of non-ortho nitro benzene ring substituents is 1. The van der Waals surface area contributed by atoms with E-state index in [2.05, 4.69) is 5.32 Å². The Balaban J connectivity index is 1.65. The Morgan fingerprint density at radius 3 is 2.62 bits per heavy atom. The van der Waals surface area contributed by atoms with Crippen molar-refractivity contribution in [3.8, 4) is 5.75 Å². The highest BCUT2D eigenvalue weighted by Crippen LogP contribution is 2.57. The number of ketones is 1. The van der Waals surface area contributed by atoms with Crippen LogP contribution in [0.15, 0.2) is 65.8 Å². The Morgan fingerprint density at radius 1 is 1.26 bits per heavy atom. The number of hydrogen-bond donors (Lipinski definition) is 3. The summed E-state index contributed by atoms with van der Waals surface area (Å²) < 4.78 is 6.05. The van der Waals surface area contributed by atoms with E-state index in [4.69, 9.17) is 10.5 Å². The van der Waals surface area contributed by atoms with E-state index in [1.165, 1.54) is 24.3 Å². The third kappa shape index (κ3) is 2.80. The molecule has 2 aromatic carbocycles. The number of fused-ring (bicyclic) bond motifs is 4. The number of aliphatic hydroxyl groups is 1. The maximum Gasteiger partial charge on any atom is 0.270 e. The molecule has 3 unspecified atom stereocenters. The summed E-state index contributed by atoms with van der Waals surface area (Å²) in [7, 11) is 0. The summed E-state index contributed by atoms with van der Waals surface area (Å²) in [6, 6.07) is 9.60. The van der Waals surface area contributed by atoms with Crippen LogP contribution in [0.3, 0.4) is 0 Å². The summed E-state index contributed by atoms with van der Waals surface area (Å²) in [6.45, 7) is 4.01. The fraction of sp³-hybridized carbons (Fsp3) is 0.280. The number of nitrogens with two attached hydrogens (primary N) is 1. The molecule has 174 valence electrons. The first-order valence-corrected chi connectivity index (χ1v) is 10.9. The van der Waals surface area contributed by atoms with E-state index < -0.39 is 34.0 Å². The predicted molar refractivity (Wildman–Crippen MR) is 122 cm³/mol. The summed E-state index contributed by atoms with van der Waals surface area (Å²) >= 11 is 0. The topological polar surface area (TPSA) is 145 Å². The minimum atomic E-state index is -2.19. The molecule has 2 aliphatic carbocycles. The smallest absolute Gasteiger partial charge is 0.270 e. The highest BCUT2D eigenvalue weighted by atomic mass is 16.6. The molecule has 1 aliphatic heterocycles. The first-order chi connectivity index (χ1) is 16.1. The summed E-state index contributed by atoms with van der Waals surface area (Å²) in [4.78, 5) is 37.6. The lowest BCUT2D eigenvalue weighted by Gasteiger charge is -2.35. The van der Waals surface area contributed by atoms with E-state index in [0.29, 0.717) is 17.7 Å². The van der Waals surface area contributed by atoms with Gasteiger partial charge in [-0.15, -0.1) is 0 Å². The number of nitrogens with zero attached hydrogens (tertiary/aromatic N) is 1. The van der Waals surface area contributed by atoms with Gasteiger partial charge in [0.1, 0.15) is 5.75 Å². The van der Waals surface area contributed by atoms with Crippen LogP contribution in [0.1, 0.15) is 47.7 Å². The van der Waals surface area contributed by atoms with Gasteiger partial charge < -0.3 is 20.9 Å². The monoisotopic (exact) mass is 461 g/mol. The molecule has 5 rings (SSSR count). The van der Waals surface area contributed by atoms with Gasteiger partial charge in [-0.05, 0) is 36.1 Å². The largest absolute Gasteiger partial charge is 0.454 e. The number of nitro benzene ring substituents is 1. The van der Waals surface area contributed by atoms with Gasteiger partial charge in [-0.3, -0.25) is 19.7 Å². The number of nitro groups is 1. The molecule has 0 bridgehead atoms. The third-order valence-electron chi connectivity index (χ3n) is 6.77. The number of amides is 1. The molecule has 0 spiro atoms. The minimum Gasteiger partial charge on any atom is -0.454 e. The number of nitrogens with one attached hydrogen (secondary N) is 1. The van der Waals surface area contributed by atoms with Crippen molar-refractivity contribution in [1.82, 2.24) is 5.32 Å². The molecular weight excluding hydrogens is 438 g/mol. The maximum absolute atomic E-state index is 13.9. The van der Waals surface area contributed by atoms with Crippen LogP contribution >= 0.6 is 0 Å². The van der Waals surface area contributed by atoms with Gasteiger partial charge in [0.15, 0.2) is 5.78 Å². The quantitative estimate of drug-likeness (QED) is 0.469. The molecule has 1 amide bonds. The van der Waals surface area contributed by atoms with Crippen LogP contribution in [0.2, 0.25) is 0 Å². The van der Waals surface area contributed by atoms with Gasteiger partial charge in [-0.25, -0.2) is 0 Å². The summed E-state index contributed by atoms with van der Waals surface area (Å²) in [5, 5.41) is 25.6. The normalized spacial score (nSPS) is 26.7. The molecule has 34 heavy (non-hydrogen) atoms. The molecule has 0 saturated heterocycles. The second kappa shape index (κ2) is 7.34. The van der Waals surface area contributed by atoms with Crippen molar-refractivity contribution in [2.24, 2.45) is 5.73 Å². The number of ether oxygens (including phenoxy) is 1. The van der Waals surface area contributed by atoms with Crippen molar-refractivity contribution in [2.45, 2.75) is 43.6 Å². The molecule has 0 radical (unpaired) electrons. The lowest BCUT2D eigenvalue weighted by atomic mass is 9.80. The van der Waals surface area contributed by atoms with E-state index in [1.54, 1.807) is 24.3 Å². The van der Waals surface area contributed by atoms with Gasteiger partial charge in [0, 0.05) is 40.4 Å². The number of hydrogen-bond acceptors (Lipinski definition) is 7. The van der Waals surface area contributed by atoms with Gasteiger partial charge in [-0.1, -0.05) is 38.1 Å². The molecule has 2 aromatic rings. The summed E-state index contributed by atoms with van der Waals surface area (Å²) in [5.41, 5.74) is 5.90. The lowest BCUT2D eigenvalue weighted by molar-refractivity contribution is -0.384. The van der Waals surface area contributed by atoms with Crippen molar-refractivity contribution in [3.05, 3.63) is 92.6 Å². The maximum atomic E-state index is 13.9. The van der Waals surface area contributed by atoms with Crippen molar-refractivity contribution >= 4 is 17.4 Å². The predicted octanol–water partition coefficient (Wildman–Crippen LogP) is 2.59. The number of benzene rings is 2. The molecular formula is C25H23N3O6. The van der Waals surface area contributed by atoms with Crippen LogP contribution in [-0.4, -0.2) is 33.5 Å². The lowest BCUT2D eigenvalue weighted by Crippen LogP contribution is -2.63. The van der Waals surface area contributed by atoms with E-state index in [0.717, 1.165) is 5.56 Å². The highest BCUT2D eigenvalue weighted by Gasteiger charge is 2.72. The van der Waals surface area contributed by atoms with Crippen molar-refractivity contribution in [2.75, 3.05) is 0 Å². The van der Waals surface area contributed by atoms with Crippen LogP contribution in [0, 0.1) is 10.1 Å². The van der Waals surface area contributed by atoms with E-state index >= 15 is 0 Å². The summed E-state index contributed by atoms with van der Waals surface area (Å²) in [5.74, 6) is -2.95.